The van der Waals surface area contributed by atoms with Crippen LogP contribution in [0, 0.1) is 5.82 Å². The summed E-state index contributed by atoms with van der Waals surface area (Å²) >= 11 is 0. The lowest BCUT2D eigenvalue weighted by molar-refractivity contribution is -0.128. The molecule has 4 aromatic rings. The molecule has 1 heterocycles. The van der Waals surface area contributed by atoms with Gasteiger partial charge in [-0.05, 0) is 104 Å². The second-order valence-electron chi connectivity index (χ2n) is 12.3. The molecule has 1 aliphatic carbocycles. The second kappa shape index (κ2) is 13.4. The van der Waals surface area contributed by atoms with Gasteiger partial charge in [0.05, 0.1) is 7.11 Å². The molecule has 0 bridgehead atoms. The van der Waals surface area contributed by atoms with Crippen LogP contribution < -0.4 is 15.0 Å². The van der Waals surface area contributed by atoms with Gasteiger partial charge < -0.3 is 10.1 Å². The van der Waals surface area contributed by atoms with Crippen LogP contribution in [0.1, 0.15) is 76.0 Å². The topological polar surface area (TPSA) is 102 Å². The number of nitrogens with zero attached hydrogens (tertiary/aromatic N) is 5. The lowest BCUT2D eigenvalue weighted by atomic mass is 9.84. The molecule has 44 heavy (non-hydrogen) atoms. The molecule has 0 unspecified atom stereocenters. The zero-order valence-electron chi connectivity index (χ0n) is 25.7. The Kier molecular flexibility index (Phi) is 9.37. The Labute approximate surface area is 257 Å². The lowest BCUT2D eigenvalue weighted by Gasteiger charge is -2.34. The summed E-state index contributed by atoms with van der Waals surface area (Å²) in [4.78, 5) is 30.8. The highest BCUT2D eigenvalue weighted by Crippen LogP contribution is 2.35. The van der Waals surface area contributed by atoms with Gasteiger partial charge in [-0.15, -0.1) is 10.2 Å². The number of benzene rings is 3. The van der Waals surface area contributed by atoms with Crippen molar-refractivity contribution in [2.75, 3.05) is 12.0 Å². The number of hydrogen-bond acceptors (Lipinski definition) is 6. The third kappa shape index (κ3) is 7.48. The lowest BCUT2D eigenvalue weighted by Crippen LogP contribution is -2.50. The molecule has 230 valence electrons. The van der Waals surface area contributed by atoms with E-state index in [-0.39, 0.29) is 12.5 Å². The number of nitrogens with one attached hydrogen (secondary N) is 1. The summed E-state index contributed by atoms with van der Waals surface area (Å²) in [5.41, 5.74) is 2.39. The minimum atomic E-state index is -1.08. The molecule has 5 rings (SSSR count). The normalized spacial score (nSPS) is 14.6. The average molecular weight is 599 g/mol. The molecule has 0 spiro atoms. The quantitative estimate of drug-likeness (QED) is 0.245. The van der Waals surface area contributed by atoms with Gasteiger partial charge in [0.1, 0.15) is 24.2 Å². The largest absolute Gasteiger partial charge is 0.497 e. The third-order valence-electron chi connectivity index (χ3n) is 7.78. The first-order valence-electron chi connectivity index (χ1n) is 15.0. The van der Waals surface area contributed by atoms with E-state index in [4.69, 9.17) is 4.74 Å². The number of ether oxygens (including phenoxy) is 1. The van der Waals surface area contributed by atoms with Crippen molar-refractivity contribution in [1.29, 1.82) is 0 Å². The smallest absolute Gasteiger partial charge is 0.251 e. The first kappa shape index (κ1) is 30.8. The standard InChI is InChI=1S/C34H39FN6O3/c1-34(2,3)36-33(43)31(25-10-16-27(35)17-11-25)41(28-18-12-24(13-19-28)23-8-6-5-7-9-23)30(42)22-40-38-32(37-39-40)26-14-20-29(44-4)21-15-26/h10-21,23,31H,5-9,22H2,1-4H3,(H,36,43)/t31-/m1/s1. The minimum absolute atomic E-state index is 0.270. The van der Waals surface area contributed by atoms with Crippen molar-refractivity contribution in [2.24, 2.45) is 0 Å². The highest BCUT2D eigenvalue weighted by molar-refractivity contribution is 6.01. The maximum absolute atomic E-state index is 14.2. The van der Waals surface area contributed by atoms with E-state index in [9.17, 15) is 14.0 Å². The summed E-state index contributed by atoms with van der Waals surface area (Å²) in [6.45, 7) is 5.35. The fourth-order valence-electron chi connectivity index (χ4n) is 5.64. The van der Waals surface area contributed by atoms with E-state index in [1.807, 2.05) is 57.2 Å². The molecular weight excluding hydrogens is 559 g/mol. The van der Waals surface area contributed by atoms with Crippen LogP contribution in [-0.2, 0) is 16.1 Å². The second-order valence-corrected chi connectivity index (χ2v) is 12.3. The van der Waals surface area contributed by atoms with E-state index in [1.54, 1.807) is 19.2 Å². The fraction of sp³-hybridized carbons (Fsp3) is 0.382. The average Bonchev–Trinajstić information content (AvgIpc) is 3.48. The number of anilines is 1. The van der Waals surface area contributed by atoms with Gasteiger partial charge in [0.2, 0.25) is 11.7 Å². The SMILES string of the molecule is COc1ccc(-c2nnn(CC(=O)N(c3ccc(C4CCCCC4)cc3)[C@@H](C(=O)NC(C)(C)C)c3ccc(F)cc3)n2)cc1. The molecule has 1 atom stereocenters. The molecule has 9 nitrogen and oxygen atoms in total. The Morgan fingerprint density at radius 2 is 1.64 bits per heavy atom. The van der Waals surface area contributed by atoms with Crippen LogP contribution in [0.25, 0.3) is 11.4 Å². The maximum Gasteiger partial charge on any atom is 0.251 e. The number of carbonyl (C=O) groups excluding carboxylic acids is 2. The van der Waals surface area contributed by atoms with Gasteiger partial charge in [-0.1, -0.05) is 43.5 Å². The van der Waals surface area contributed by atoms with Crippen molar-refractivity contribution >= 4 is 17.5 Å². The highest BCUT2D eigenvalue weighted by atomic mass is 19.1. The molecule has 1 aliphatic rings. The van der Waals surface area contributed by atoms with Crippen LogP contribution in [0.3, 0.4) is 0 Å². The summed E-state index contributed by atoms with van der Waals surface area (Å²) in [5.74, 6) is 0.282. The number of aromatic nitrogens is 4. The van der Waals surface area contributed by atoms with Crippen LogP contribution in [-0.4, -0.2) is 44.7 Å². The van der Waals surface area contributed by atoms with E-state index in [0.29, 0.717) is 34.3 Å². The van der Waals surface area contributed by atoms with E-state index in [1.165, 1.54) is 58.8 Å². The molecule has 1 N–H and O–H groups in total. The van der Waals surface area contributed by atoms with Gasteiger partial charge in [0, 0.05) is 16.8 Å². The van der Waals surface area contributed by atoms with Crippen LogP contribution in [0.15, 0.2) is 72.8 Å². The van der Waals surface area contributed by atoms with Crippen molar-refractivity contribution < 1.29 is 18.7 Å². The predicted octanol–water partition coefficient (Wildman–Crippen LogP) is 6.22. The molecule has 0 aliphatic heterocycles. The molecule has 10 heteroatoms. The highest BCUT2D eigenvalue weighted by Gasteiger charge is 2.35. The predicted molar refractivity (Wildman–Crippen MR) is 167 cm³/mol. The van der Waals surface area contributed by atoms with Gasteiger partial charge in [0.15, 0.2) is 0 Å². The fourth-order valence-corrected chi connectivity index (χ4v) is 5.64. The van der Waals surface area contributed by atoms with E-state index < -0.39 is 23.3 Å². The Hall–Kier alpha value is -4.60. The van der Waals surface area contributed by atoms with Crippen molar-refractivity contribution in [3.63, 3.8) is 0 Å². The third-order valence-corrected chi connectivity index (χ3v) is 7.78. The molecule has 0 saturated heterocycles. The van der Waals surface area contributed by atoms with Crippen molar-refractivity contribution in [2.45, 2.75) is 76.9 Å². The number of tetrazole rings is 1. The summed E-state index contributed by atoms with van der Waals surface area (Å²) in [6, 6.07) is 19.7. The first-order chi connectivity index (χ1) is 21.1. The Bertz CT molecular complexity index is 1560. The summed E-state index contributed by atoms with van der Waals surface area (Å²) in [5, 5.41) is 15.7. The summed E-state index contributed by atoms with van der Waals surface area (Å²) < 4.78 is 19.2. The van der Waals surface area contributed by atoms with Crippen molar-refractivity contribution in [3.05, 3.63) is 89.7 Å². The monoisotopic (exact) mass is 598 g/mol. The number of hydrogen-bond donors (Lipinski definition) is 1. The van der Waals surface area contributed by atoms with Gasteiger partial charge in [0.25, 0.3) is 5.91 Å². The van der Waals surface area contributed by atoms with Gasteiger partial charge in [-0.2, -0.15) is 4.80 Å². The number of methoxy groups -OCH3 is 1. The van der Waals surface area contributed by atoms with Crippen LogP contribution >= 0.6 is 0 Å². The van der Waals surface area contributed by atoms with Crippen molar-refractivity contribution in [3.8, 4) is 17.1 Å². The molecule has 3 aromatic carbocycles. The Morgan fingerprint density at radius 3 is 2.25 bits per heavy atom. The molecule has 1 saturated carbocycles. The number of carbonyl (C=O) groups is 2. The first-order valence-corrected chi connectivity index (χ1v) is 15.0. The van der Waals surface area contributed by atoms with E-state index >= 15 is 0 Å². The Balaban J connectivity index is 1.51. The van der Waals surface area contributed by atoms with E-state index in [2.05, 4.69) is 20.7 Å². The van der Waals surface area contributed by atoms with Gasteiger partial charge in [-0.25, -0.2) is 4.39 Å². The zero-order valence-corrected chi connectivity index (χ0v) is 25.7. The molecule has 2 amide bonds. The molecule has 1 fully saturated rings. The summed E-state index contributed by atoms with van der Waals surface area (Å²) in [6.07, 6.45) is 5.96. The molecule has 0 radical (unpaired) electrons. The molecular formula is C34H39FN6O3. The molecule has 1 aromatic heterocycles. The van der Waals surface area contributed by atoms with Crippen molar-refractivity contribution in [1.82, 2.24) is 25.5 Å². The number of rotatable bonds is 9. The maximum atomic E-state index is 14.2. The zero-order chi connectivity index (χ0) is 31.3. The van der Waals surface area contributed by atoms with Crippen LogP contribution in [0.2, 0.25) is 0 Å². The number of halogens is 1. The van der Waals surface area contributed by atoms with Gasteiger partial charge in [-0.3, -0.25) is 14.5 Å². The van der Waals surface area contributed by atoms with E-state index in [0.717, 1.165) is 12.8 Å². The van der Waals surface area contributed by atoms with Crippen LogP contribution in [0.4, 0.5) is 10.1 Å². The van der Waals surface area contributed by atoms with Crippen LogP contribution in [0.5, 0.6) is 5.75 Å². The minimum Gasteiger partial charge on any atom is -0.497 e. The summed E-state index contributed by atoms with van der Waals surface area (Å²) in [7, 11) is 1.59. The van der Waals surface area contributed by atoms with Gasteiger partial charge >= 0.3 is 0 Å². The number of amides is 2. The Morgan fingerprint density at radius 1 is 0.977 bits per heavy atom.